The van der Waals surface area contributed by atoms with Gasteiger partial charge in [-0.2, -0.15) is 0 Å². The first-order valence-corrected chi connectivity index (χ1v) is 4.08. The fourth-order valence-corrected chi connectivity index (χ4v) is 1.72. The summed E-state index contributed by atoms with van der Waals surface area (Å²) in [6, 6.07) is 0. The average Bonchev–Trinajstić information content (AvgIpc) is 2.04. The van der Waals surface area contributed by atoms with Crippen LogP contribution in [0.15, 0.2) is 0 Å². The third-order valence-corrected chi connectivity index (χ3v) is 2.40. The Balaban J connectivity index is 0.00000144. The molecule has 1 saturated carbocycles. The Bertz CT molecular complexity index is 182. The molecule has 1 aliphatic carbocycles. The normalized spacial score (nSPS) is 27.4. The van der Waals surface area contributed by atoms with E-state index in [9.17, 15) is 9.59 Å². The van der Waals surface area contributed by atoms with Gasteiger partial charge in [0, 0.05) is 41.7 Å². The minimum absolute atomic E-state index is 0. The predicted octanol–water partition coefficient (Wildman–Crippen LogP) is 0.962. The molecule has 0 spiro atoms. The van der Waals surface area contributed by atoms with Gasteiger partial charge in [0.15, 0.2) is 0 Å². The van der Waals surface area contributed by atoms with Crippen molar-refractivity contribution in [2.24, 2.45) is 11.8 Å². The van der Waals surface area contributed by atoms with E-state index in [0.29, 0.717) is 12.8 Å². The SMILES string of the molecule is O=C(O)C1CCCCC1C(=O)O.[Ce]. The van der Waals surface area contributed by atoms with Crippen LogP contribution in [0.25, 0.3) is 0 Å². The van der Waals surface area contributed by atoms with Crippen molar-refractivity contribution in [2.45, 2.75) is 25.7 Å². The molecule has 1 aliphatic rings. The van der Waals surface area contributed by atoms with Crippen molar-refractivity contribution in [3.63, 3.8) is 0 Å². The molecule has 2 unspecified atom stereocenters. The Hall–Kier alpha value is 0.317. The zero-order valence-corrected chi connectivity index (χ0v) is 10.3. The fraction of sp³-hybridized carbons (Fsp3) is 0.750. The standard InChI is InChI=1S/C8H12O4.Ce/c9-7(10)5-3-1-2-4-6(5)8(11)12;/h5-6H,1-4H2,(H,9,10)(H,11,12);. The average molecular weight is 312 g/mol. The van der Waals surface area contributed by atoms with E-state index >= 15 is 0 Å². The van der Waals surface area contributed by atoms with Crippen LogP contribution in [0, 0.1) is 53.6 Å². The number of rotatable bonds is 2. The van der Waals surface area contributed by atoms with Gasteiger partial charge in [-0.15, -0.1) is 0 Å². The van der Waals surface area contributed by atoms with Crippen LogP contribution in [0.4, 0.5) is 0 Å². The largest absolute Gasteiger partial charge is 0.481 e. The summed E-state index contributed by atoms with van der Waals surface area (Å²) < 4.78 is 0. The maximum Gasteiger partial charge on any atom is 0.307 e. The molecule has 0 saturated heterocycles. The molecular weight excluding hydrogens is 300 g/mol. The second-order valence-electron chi connectivity index (χ2n) is 3.17. The van der Waals surface area contributed by atoms with Gasteiger partial charge < -0.3 is 10.2 Å². The molecule has 0 amide bonds. The maximum absolute atomic E-state index is 10.6. The summed E-state index contributed by atoms with van der Waals surface area (Å²) in [5.41, 5.74) is 0. The monoisotopic (exact) mass is 312 g/mol. The van der Waals surface area contributed by atoms with Crippen molar-refractivity contribution in [1.82, 2.24) is 0 Å². The van der Waals surface area contributed by atoms with Crippen molar-refractivity contribution >= 4 is 11.9 Å². The molecule has 0 aromatic carbocycles. The summed E-state index contributed by atoms with van der Waals surface area (Å²) in [6.45, 7) is 0. The minimum atomic E-state index is -0.970. The molecule has 2 N–H and O–H groups in total. The third kappa shape index (κ3) is 3.51. The molecule has 0 heterocycles. The summed E-state index contributed by atoms with van der Waals surface area (Å²) in [5.74, 6) is -3.28. The van der Waals surface area contributed by atoms with E-state index in [2.05, 4.69) is 0 Å². The summed E-state index contributed by atoms with van der Waals surface area (Å²) >= 11 is 0. The van der Waals surface area contributed by atoms with E-state index in [1.165, 1.54) is 0 Å². The van der Waals surface area contributed by atoms with Crippen LogP contribution in [0.2, 0.25) is 0 Å². The van der Waals surface area contributed by atoms with E-state index in [1.807, 2.05) is 0 Å². The van der Waals surface area contributed by atoms with Crippen molar-refractivity contribution < 1.29 is 61.5 Å². The molecular formula is C8H12CeO4. The minimum Gasteiger partial charge on any atom is -0.481 e. The molecule has 0 aliphatic heterocycles. The number of carbonyl (C=O) groups is 2. The smallest absolute Gasteiger partial charge is 0.307 e. The molecule has 0 aromatic rings. The van der Waals surface area contributed by atoms with E-state index < -0.39 is 23.8 Å². The number of aliphatic carboxylic acids is 2. The molecule has 0 aromatic heterocycles. The molecule has 1 fully saturated rings. The van der Waals surface area contributed by atoms with E-state index in [4.69, 9.17) is 10.2 Å². The molecule has 1 rings (SSSR count). The van der Waals surface area contributed by atoms with Gasteiger partial charge in [0.25, 0.3) is 0 Å². The Morgan fingerprint density at radius 1 is 0.923 bits per heavy atom. The van der Waals surface area contributed by atoms with Crippen molar-refractivity contribution in [1.29, 1.82) is 0 Å². The van der Waals surface area contributed by atoms with Crippen LogP contribution in [-0.4, -0.2) is 22.2 Å². The van der Waals surface area contributed by atoms with Crippen LogP contribution in [-0.2, 0) is 9.59 Å². The molecule has 4 nitrogen and oxygen atoms in total. The van der Waals surface area contributed by atoms with Gasteiger partial charge in [0.1, 0.15) is 0 Å². The molecule has 2 atom stereocenters. The van der Waals surface area contributed by atoms with Gasteiger partial charge in [-0.25, -0.2) is 0 Å². The first-order chi connectivity index (χ1) is 5.63. The van der Waals surface area contributed by atoms with Gasteiger partial charge in [-0.05, 0) is 12.8 Å². The summed E-state index contributed by atoms with van der Waals surface area (Å²) in [6.07, 6.45) is 2.68. The van der Waals surface area contributed by atoms with Crippen LogP contribution in [0.5, 0.6) is 0 Å². The topological polar surface area (TPSA) is 74.6 Å². The van der Waals surface area contributed by atoms with Crippen LogP contribution in [0.1, 0.15) is 25.7 Å². The maximum atomic E-state index is 10.6. The zero-order valence-electron chi connectivity index (χ0n) is 7.19. The third-order valence-electron chi connectivity index (χ3n) is 2.40. The Morgan fingerprint density at radius 2 is 1.23 bits per heavy atom. The zero-order chi connectivity index (χ0) is 9.14. The summed E-state index contributed by atoms with van der Waals surface area (Å²) in [4.78, 5) is 21.2. The first-order valence-electron chi connectivity index (χ1n) is 4.08. The van der Waals surface area contributed by atoms with Crippen LogP contribution in [0.3, 0.4) is 0 Å². The number of hydrogen-bond donors (Lipinski definition) is 2. The Labute approximate surface area is 110 Å². The van der Waals surface area contributed by atoms with Crippen LogP contribution < -0.4 is 0 Å². The molecule has 5 heteroatoms. The predicted molar refractivity (Wildman–Crippen MR) is 40.7 cm³/mol. The molecule has 72 valence electrons. The van der Waals surface area contributed by atoms with E-state index in [-0.39, 0.29) is 41.7 Å². The summed E-state index contributed by atoms with van der Waals surface area (Å²) in [5, 5.41) is 17.4. The summed E-state index contributed by atoms with van der Waals surface area (Å²) in [7, 11) is 0. The Morgan fingerprint density at radius 3 is 1.46 bits per heavy atom. The molecule has 0 bridgehead atoms. The Kier molecular flexibility index (Phi) is 6.07. The van der Waals surface area contributed by atoms with Gasteiger partial charge in [0.05, 0.1) is 11.8 Å². The second-order valence-corrected chi connectivity index (χ2v) is 3.17. The number of carboxylic acids is 2. The first kappa shape index (κ1) is 13.3. The molecule has 13 heavy (non-hydrogen) atoms. The number of carboxylic acid groups (broad SMARTS) is 2. The van der Waals surface area contributed by atoms with Crippen molar-refractivity contribution in [3.8, 4) is 0 Å². The van der Waals surface area contributed by atoms with Gasteiger partial charge in [-0.3, -0.25) is 9.59 Å². The second kappa shape index (κ2) is 5.92. The van der Waals surface area contributed by atoms with Gasteiger partial charge in [-0.1, -0.05) is 12.8 Å². The van der Waals surface area contributed by atoms with Crippen molar-refractivity contribution in [2.75, 3.05) is 0 Å². The van der Waals surface area contributed by atoms with Gasteiger partial charge in [0.2, 0.25) is 0 Å². The molecule has 0 radical (unpaired) electrons. The van der Waals surface area contributed by atoms with E-state index in [0.717, 1.165) is 12.8 Å². The van der Waals surface area contributed by atoms with Crippen molar-refractivity contribution in [3.05, 3.63) is 0 Å². The fourth-order valence-electron chi connectivity index (χ4n) is 1.72. The van der Waals surface area contributed by atoms with Crippen LogP contribution >= 0.6 is 0 Å². The van der Waals surface area contributed by atoms with E-state index in [1.54, 1.807) is 0 Å². The number of hydrogen-bond acceptors (Lipinski definition) is 2. The van der Waals surface area contributed by atoms with Gasteiger partial charge >= 0.3 is 11.9 Å². The quantitative estimate of drug-likeness (QED) is 0.796.